The molecule has 0 aromatic heterocycles. The number of halogens is 3. The number of rotatable bonds is 6. The van der Waals surface area contributed by atoms with Gasteiger partial charge in [0.1, 0.15) is 0 Å². The largest absolute Gasteiger partial charge is 0.416 e. The topological polar surface area (TPSA) is 86.7 Å². The Kier molecular flexibility index (Phi) is 6.11. The predicted molar refractivity (Wildman–Crippen MR) is 92.7 cm³/mol. The van der Waals surface area contributed by atoms with E-state index in [1.54, 1.807) is 0 Å². The van der Waals surface area contributed by atoms with Crippen molar-refractivity contribution in [1.29, 1.82) is 0 Å². The van der Waals surface area contributed by atoms with E-state index in [-0.39, 0.29) is 29.3 Å². The number of alkyl halides is 3. The number of nitrogens with zero attached hydrogens (tertiary/aromatic N) is 1. The molecule has 0 aliphatic heterocycles. The van der Waals surface area contributed by atoms with E-state index in [4.69, 9.17) is 5.11 Å². The molecule has 0 radical (unpaired) electrons. The second-order valence-corrected chi connectivity index (χ2v) is 7.34. The van der Waals surface area contributed by atoms with Crippen molar-refractivity contribution in [3.05, 3.63) is 59.7 Å². The monoisotopic (exact) mass is 402 g/mol. The molecular formula is C17H17F3N2O4S. The summed E-state index contributed by atoms with van der Waals surface area (Å²) in [6, 6.07) is 8.76. The standard InChI is InChI=1S/C17H17F3N2O4S/c1-22(9-10-23)16(24)12-5-7-15(8-6-12)27(25,26)21-14-4-2-3-13(11-14)17(18,19)20/h2-8,11,21,23H,9-10H2,1H3. The number of hydrogen-bond acceptors (Lipinski definition) is 4. The van der Waals surface area contributed by atoms with Crippen LogP contribution in [0.1, 0.15) is 15.9 Å². The SMILES string of the molecule is CN(CCO)C(=O)c1ccc(S(=O)(=O)Nc2cccc(C(F)(F)F)c2)cc1. The first-order chi connectivity index (χ1) is 12.5. The highest BCUT2D eigenvalue weighted by molar-refractivity contribution is 7.92. The normalized spacial score (nSPS) is 11.9. The Bertz CT molecular complexity index is 913. The van der Waals surface area contributed by atoms with Crippen LogP contribution >= 0.6 is 0 Å². The van der Waals surface area contributed by atoms with Gasteiger partial charge in [-0.05, 0) is 42.5 Å². The lowest BCUT2D eigenvalue weighted by molar-refractivity contribution is -0.137. The van der Waals surface area contributed by atoms with E-state index in [2.05, 4.69) is 4.72 Å². The molecule has 6 nitrogen and oxygen atoms in total. The van der Waals surface area contributed by atoms with Crippen molar-refractivity contribution in [2.45, 2.75) is 11.1 Å². The van der Waals surface area contributed by atoms with Gasteiger partial charge in [-0.2, -0.15) is 13.2 Å². The number of aliphatic hydroxyl groups is 1. The predicted octanol–water partition coefficient (Wildman–Crippen LogP) is 2.57. The van der Waals surface area contributed by atoms with Crippen molar-refractivity contribution in [1.82, 2.24) is 4.90 Å². The minimum absolute atomic E-state index is 0.121. The summed E-state index contributed by atoms with van der Waals surface area (Å²) >= 11 is 0. The van der Waals surface area contributed by atoms with Crippen LogP contribution in [-0.2, 0) is 16.2 Å². The van der Waals surface area contributed by atoms with E-state index in [0.29, 0.717) is 6.07 Å². The average molecular weight is 402 g/mol. The molecule has 0 atom stereocenters. The van der Waals surface area contributed by atoms with Crippen molar-refractivity contribution < 1.29 is 31.5 Å². The first kappa shape index (κ1) is 20.7. The number of carbonyl (C=O) groups excluding carboxylic acids is 1. The fourth-order valence-corrected chi connectivity index (χ4v) is 3.27. The quantitative estimate of drug-likeness (QED) is 0.778. The third-order valence-corrected chi connectivity index (χ3v) is 5.03. The van der Waals surface area contributed by atoms with Gasteiger partial charge in [-0.25, -0.2) is 8.42 Å². The average Bonchev–Trinajstić information content (AvgIpc) is 2.60. The smallest absolute Gasteiger partial charge is 0.395 e. The van der Waals surface area contributed by atoms with Crippen LogP contribution in [0.25, 0.3) is 0 Å². The summed E-state index contributed by atoms with van der Waals surface area (Å²) in [4.78, 5) is 13.1. The Morgan fingerprint density at radius 3 is 2.33 bits per heavy atom. The molecule has 2 N–H and O–H groups in total. The number of benzene rings is 2. The van der Waals surface area contributed by atoms with Crippen LogP contribution < -0.4 is 4.72 Å². The van der Waals surface area contributed by atoms with Gasteiger partial charge < -0.3 is 10.0 Å². The van der Waals surface area contributed by atoms with Crippen LogP contribution in [0.2, 0.25) is 0 Å². The van der Waals surface area contributed by atoms with Crippen LogP contribution in [0.5, 0.6) is 0 Å². The number of anilines is 1. The van der Waals surface area contributed by atoms with E-state index in [9.17, 15) is 26.4 Å². The van der Waals surface area contributed by atoms with Gasteiger partial charge in [0.15, 0.2) is 0 Å². The molecule has 0 saturated heterocycles. The van der Waals surface area contributed by atoms with Gasteiger partial charge >= 0.3 is 6.18 Å². The minimum atomic E-state index is -4.59. The summed E-state index contributed by atoms with van der Waals surface area (Å²) in [5, 5.41) is 8.84. The highest BCUT2D eigenvalue weighted by Gasteiger charge is 2.30. The number of carbonyl (C=O) groups is 1. The zero-order valence-electron chi connectivity index (χ0n) is 14.2. The highest BCUT2D eigenvalue weighted by Crippen LogP contribution is 2.31. The van der Waals surface area contributed by atoms with Crippen LogP contribution in [0.3, 0.4) is 0 Å². The summed E-state index contributed by atoms with van der Waals surface area (Å²) in [6.45, 7) is -0.0917. The molecule has 2 rings (SSSR count). The van der Waals surface area contributed by atoms with Gasteiger partial charge in [-0.1, -0.05) is 6.07 Å². The molecule has 10 heteroatoms. The van der Waals surface area contributed by atoms with Crippen LogP contribution in [0, 0.1) is 0 Å². The molecule has 0 aliphatic carbocycles. The Hall–Kier alpha value is -2.59. The van der Waals surface area contributed by atoms with E-state index in [1.165, 1.54) is 42.3 Å². The van der Waals surface area contributed by atoms with Crippen molar-refractivity contribution in [2.75, 3.05) is 24.9 Å². The van der Waals surface area contributed by atoms with Crippen molar-refractivity contribution >= 4 is 21.6 Å². The van der Waals surface area contributed by atoms with E-state index < -0.39 is 27.7 Å². The summed E-state index contributed by atoms with van der Waals surface area (Å²) in [5.41, 5.74) is -0.993. The molecule has 0 bridgehead atoms. The lowest BCUT2D eigenvalue weighted by Gasteiger charge is -2.16. The molecule has 0 aliphatic rings. The number of hydrogen-bond donors (Lipinski definition) is 2. The summed E-state index contributed by atoms with van der Waals surface area (Å²) in [7, 11) is -2.65. The molecule has 2 aromatic carbocycles. The molecule has 1 amide bonds. The zero-order valence-corrected chi connectivity index (χ0v) is 15.0. The van der Waals surface area contributed by atoms with Gasteiger partial charge in [0.05, 0.1) is 17.1 Å². The Labute approximate surface area is 154 Å². The number of amides is 1. The van der Waals surface area contributed by atoms with Crippen molar-refractivity contribution in [3.8, 4) is 0 Å². The number of sulfonamides is 1. The van der Waals surface area contributed by atoms with Gasteiger partial charge in [0.2, 0.25) is 0 Å². The number of likely N-dealkylation sites (N-methyl/N-ethyl adjacent to an activating group) is 1. The number of nitrogens with one attached hydrogen (secondary N) is 1. The first-order valence-corrected chi connectivity index (χ1v) is 9.19. The third kappa shape index (κ3) is 5.20. The molecule has 0 heterocycles. The van der Waals surface area contributed by atoms with Gasteiger partial charge in [0.25, 0.3) is 15.9 Å². The Morgan fingerprint density at radius 1 is 1.15 bits per heavy atom. The molecule has 27 heavy (non-hydrogen) atoms. The van der Waals surface area contributed by atoms with E-state index in [0.717, 1.165) is 12.1 Å². The molecule has 0 unspecified atom stereocenters. The zero-order chi connectivity index (χ0) is 20.2. The van der Waals surface area contributed by atoms with Crippen molar-refractivity contribution in [2.24, 2.45) is 0 Å². The molecule has 2 aromatic rings. The van der Waals surface area contributed by atoms with Gasteiger partial charge in [-0.15, -0.1) is 0 Å². The number of aliphatic hydroxyl groups excluding tert-OH is 1. The van der Waals surface area contributed by atoms with Crippen LogP contribution in [-0.4, -0.2) is 44.5 Å². The second-order valence-electron chi connectivity index (χ2n) is 5.66. The summed E-state index contributed by atoms with van der Waals surface area (Å²) < 4.78 is 65.0. The maximum atomic E-state index is 12.7. The molecule has 0 saturated carbocycles. The minimum Gasteiger partial charge on any atom is -0.395 e. The van der Waals surface area contributed by atoms with Crippen molar-refractivity contribution in [3.63, 3.8) is 0 Å². The van der Waals surface area contributed by atoms with E-state index >= 15 is 0 Å². The fraction of sp³-hybridized carbons (Fsp3) is 0.235. The molecule has 146 valence electrons. The van der Waals surface area contributed by atoms with E-state index in [1.807, 2.05) is 0 Å². The first-order valence-electron chi connectivity index (χ1n) is 7.71. The lowest BCUT2D eigenvalue weighted by Crippen LogP contribution is -2.29. The molecular weight excluding hydrogens is 385 g/mol. The van der Waals surface area contributed by atoms with Gasteiger partial charge in [-0.3, -0.25) is 9.52 Å². The fourth-order valence-electron chi connectivity index (χ4n) is 2.22. The lowest BCUT2D eigenvalue weighted by atomic mass is 10.2. The molecule has 0 fully saturated rings. The highest BCUT2D eigenvalue weighted by atomic mass is 32.2. The van der Waals surface area contributed by atoms with Gasteiger partial charge in [0, 0.05) is 24.8 Å². The van der Waals surface area contributed by atoms with Crippen LogP contribution in [0.15, 0.2) is 53.4 Å². The maximum absolute atomic E-state index is 12.7. The third-order valence-electron chi connectivity index (χ3n) is 3.64. The summed E-state index contributed by atoms with van der Waals surface area (Å²) in [5.74, 6) is -0.404. The molecule has 0 spiro atoms. The second kappa shape index (κ2) is 7.97. The maximum Gasteiger partial charge on any atom is 0.416 e. The summed E-state index contributed by atoms with van der Waals surface area (Å²) in [6.07, 6.45) is -4.59. The Balaban J connectivity index is 2.21. The Morgan fingerprint density at radius 2 is 1.78 bits per heavy atom. The van der Waals surface area contributed by atoms with Crippen LogP contribution in [0.4, 0.5) is 18.9 Å².